The van der Waals surface area contributed by atoms with Gasteiger partial charge in [0.1, 0.15) is 11.2 Å². The number of ether oxygens (including phenoxy) is 1. The molecule has 3 rings (SSSR count). The summed E-state index contributed by atoms with van der Waals surface area (Å²) in [6, 6.07) is 13.9. The summed E-state index contributed by atoms with van der Waals surface area (Å²) in [4.78, 5) is 36.7. The van der Waals surface area contributed by atoms with E-state index >= 15 is 0 Å². The van der Waals surface area contributed by atoms with Crippen LogP contribution in [-0.2, 0) is 14.4 Å². The fraction of sp³-hybridized carbons (Fsp3) is 0.318. The summed E-state index contributed by atoms with van der Waals surface area (Å²) >= 11 is 0. The molecule has 29 heavy (non-hydrogen) atoms. The number of anilines is 3. The number of rotatable bonds is 7. The zero-order valence-electron chi connectivity index (χ0n) is 16.7. The van der Waals surface area contributed by atoms with Crippen molar-refractivity contribution in [2.24, 2.45) is 5.41 Å². The average molecular weight is 395 g/mol. The summed E-state index contributed by atoms with van der Waals surface area (Å²) in [6.07, 6.45) is 1.05. The van der Waals surface area contributed by atoms with Gasteiger partial charge in [-0.2, -0.15) is 0 Å². The predicted molar refractivity (Wildman–Crippen MR) is 112 cm³/mol. The standard InChI is InChI=1S/C22H25N3O4/c1-14(2)29-19-9-7-16(8-10-19)24-20(27)22(11-12-22)21(28)25-18-6-4-5-17(13-18)23-15(3)26/h4-10,13-14H,11-12H2,1-3H3,(H,23,26)(H,24,27)(H,25,28). The lowest BCUT2D eigenvalue weighted by Crippen LogP contribution is -2.35. The second-order valence-corrected chi connectivity index (χ2v) is 7.44. The first-order chi connectivity index (χ1) is 13.8. The normalized spacial score (nSPS) is 14.1. The molecule has 0 heterocycles. The van der Waals surface area contributed by atoms with Gasteiger partial charge in [-0.3, -0.25) is 14.4 Å². The van der Waals surface area contributed by atoms with Crippen LogP contribution in [0.5, 0.6) is 5.75 Å². The van der Waals surface area contributed by atoms with Gasteiger partial charge in [-0.1, -0.05) is 6.07 Å². The number of nitrogens with one attached hydrogen (secondary N) is 3. The molecular weight excluding hydrogens is 370 g/mol. The second-order valence-electron chi connectivity index (χ2n) is 7.44. The summed E-state index contributed by atoms with van der Waals surface area (Å²) < 4.78 is 5.59. The summed E-state index contributed by atoms with van der Waals surface area (Å²) in [5.41, 5.74) is 0.638. The molecule has 1 fully saturated rings. The van der Waals surface area contributed by atoms with Gasteiger partial charge in [-0.05, 0) is 69.2 Å². The van der Waals surface area contributed by atoms with E-state index in [0.29, 0.717) is 29.9 Å². The van der Waals surface area contributed by atoms with Crippen molar-refractivity contribution in [1.29, 1.82) is 0 Å². The van der Waals surface area contributed by atoms with E-state index in [2.05, 4.69) is 16.0 Å². The van der Waals surface area contributed by atoms with Crippen LogP contribution < -0.4 is 20.7 Å². The van der Waals surface area contributed by atoms with Crippen LogP contribution in [0.1, 0.15) is 33.6 Å². The van der Waals surface area contributed by atoms with E-state index in [9.17, 15) is 14.4 Å². The molecule has 7 nitrogen and oxygen atoms in total. The zero-order chi connectivity index (χ0) is 21.0. The topological polar surface area (TPSA) is 96.5 Å². The summed E-state index contributed by atoms with van der Waals surface area (Å²) in [7, 11) is 0. The predicted octanol–water partition coefficient (Wildman–Crippen LogP) is 3.79. The molecule has 1 aliphatic rings. The van der Waals surface area contributed by atoms with Gasteiger partial charge in [-0.25, -0.2) is 0 Å². The van der Waals surface area contributed by atoms with E-state index in [1.807, 2.05) is 13.8 Å². The SMILES string of the molecule is CC(=O)Nc1cccc(NC(=O)C2(C(=O)Nc3ccc(OC(C)C)cc3)CC2)c1. The van der Waals surface area contributed by atoms with E-state index < -0.39 is 5.41 Å². The molecule has 0 spiro atoms. The third-order valence-electron chi connectivity index (χ3n) is 4.54. The van der Waals surface area contributed by atoms with Crippen molar-refractivity contribution in [2.45, 2.75) is 39.7 Å². The molecule has 2 aromatic rings. The molecular formula is C22H25N3O4. The maximum Gasteiger partial charge on any atom is 0.240 e. The third-order valence-corrected chi connectivity index (χ3v) is 4.54. The van der Waals surface area contributed by atoms with E-state index in [-0.39, 0.29) is 23.8 Å². The van der Waals surface area contributed by atoms with Crippen LogP contribution in [0.2, 0.25) is 0 Å². The van der Waals surface area contributed by atoms with Gasteiger partial charge in [0, 0.05) is 24.0 Å². The highest BCUT2D eigenvalue weighted by atomic mass is 16.5. The lowest BCUT2D eigenvalue weighted by atomic mass is 10.0. The smallest absolute Gasteiger partial charge is 0.240 e. The molecule has 1 saturated carbocycles. The Kier molecular flexibility index (Phi) is 5.87. The maximum absolute atomic E-state index is 12.8. The van der Waals surface area contributed by atoms with E-state index in [0.717, 1.165) is 5.75 Å². The molecule has 3 N–H and O–H groups in total. The fourth-order valence-electron chi connectivity index (χ4n) is 2.95. The highest BCUT2D eigenvalue weighted by Crippen LogP contribution is 2.47. The first kappa shape index (κ1) is 20.4. The Morgan fingerprint density at radius 2 is 1.41 bits per heavy atom. The highest BCUT2D eigenvalue weighted by Gasteiger charge is 2.56. The fourth-order valence-corrected chi connectivity index (χ4v) is 2.95. The van der Waals surface area contributed by atoms with Crippen molar-refractivity contribution in [2.75, 3.05) is 16.0 Å². The van der Waals surface area contributed by atoms with Crippen molar-refractivity contribution in [3.8, 4) is 5.75 Å². The van der Waals surface area contributed by atoms with Crippen LogP contribution >= 0.6 is 0 Å². The van der Waals surface area contributed by atoms with Gasteiger partial charge in [0.15, 0.2) is 0 Å². The van der Waals surface area contributed by atoms with E-state index in [1.54, 1.807) is 48.5 Å². The van der Waals surface area contributed by atoms with Crippen LogP contribution in [0.3, 0.4) is 0 Å². The Morgan fingerprint density at radius 1 is 0.862 bits per heavy atom. The number of benzene rings is 2. The van der Waals surface area contributed by atoms with Gasteiger partial charge in [0.2, 0.25) is 17.7 Å². The zero-order valence-corrected chi connectivity index (χ0v) is 16.7. The van der Waals surface area contributed by atoms with Crippen LogP contribution in [0, 0.1) is 5.41 Å². The number of carbonyl (C=O) groups excluding carboxylic acids is 3. The minimum absolute atomic E-state index is 0.0676. The highest BCUT2D eigenvalue weighted by molar-refractivity contribution is 6.17. The molecule has 7 heteroatoms. The lowest BCUT2D eigenvalue weighted by molar-refractivity contribution is -0.131. The number of carbonyl (C=O) groups is 3. The first-order valence-electron chi connectivity index (χ1n) is 9.56. The van der Waals surface area contributed by atoms with Crippen molar-refractivity contribution in [3.63, 3.8) is 0 Å². The molecule has 0 aliphatic heterocycles. The summed E-state index contributed by atoms with van der Waals surface area (Å²) in [5.74, 6) is -0.160. The van der Waals surface area contributed by atoms with E-state index in [4.69, 9.17) is 4.74 Å². The van der Waals surface area contributed by atoms with Crippen LogP contribution in [0.25, 0.3) is 0 Å². The minimum Gasteiger partial charge on any atom is -0.491 e. The quantitative estimate of drug-likeness (QED) is 0.622. The van der Waals surface area contributed by atoms with Gasteiger partial charge in [0.05, 0.1) is 6.10 Å². The second kappa shape index (κ2) is 8.34. The molecule has 1 aliphatic carbocycles. The van der Waals surface area contributed by atoms with Gasteiger partial charge in [0.25, 0.3) is 0 Å². The minimum atomic E-state index is -1.07. The molecule has 0 aromatic heterocycles. The molecule has 0 unspecified atom stereocenters. The molecule has 0 radical (unpaired) electrons. The first-order valence-corrected chi connectivity index (χ1v) is 9.56. The van der Waals surface area contributed by atoms with Crippen molar-refractivity contribution < 1.29 is 19.1 Å². The van der Waals surface area contributed by atoms with Crippen LogP contribution in [-0.4, -0.2) is 23.8 Å². The molecule has 0 saturated heterocycles. The Balaban J connectivity index is 1.63. The summed E-state index contributed by atoms with van der Waals surface area (Å²) in [6.45, 7) is 5.30. The average Bonchev–Trinajstić information content (AvgIpc) is 3.45. The van der Waals surface area contributed by atoms with Crippen molar-refractivity contribution in [3.05, 3.63) is 48.5 Å². The molecule has 3 amide bonds. The lowest BCUT2D eigenvalue weighted by Gasteiger charge is -2.16. The van der Waals surface area contributed by atoms with Crippen LogP contribution in [0.4, 0.5) is 17.1 Å². The van der Waals surface area contributed by atoms with Crippen molar-refractivity contribution >= 4 is 34.8 Å². The maximum atomic E-state index is 12.8. The Bertz CT molecular complexity index is 918. The van der Waals surface area contributed by atoms with Crippen LogP contribution in [0.15, 0.2) is 48.5 Å². The molecule has 0 atom stereocenters. The number of hydrogen-bond acceptors (Lipinski definition) is 4. The Labute approximate surface area is 169 Å². The van der Waals surface area contributed by atoms with Gasteiger partial charge < -0.3 is 20.7 Å². The van der Waals surface area contributed by atoms with E-state index in [1.165, 1.54) is 6.92 Å². The van der Waals surface area contributed by atoms with Gasteiger partial charge >= 0.3 is 0 Å². The molecule has 2 aromatic carbocycles. The Morgan fingerprint density at radius 3 is 1.93 bits per heavy atom. The molecule has 152 valence electrons. The third kappa shape index (κ3) is 5.13. The summed E-state index contributed by atoms with van der Waals surface area (Å²) in [5, 5.41) is 8.27. The monoisotopic (exact) mass is 395 g/mol. The molecule has 0 bridgehead atoms. The number of hydrogen-bond donors (Lipinski definition) is 3. The van der Waals surface area contributed by atoms with Crippen molar-refractivity contribution in [1.82, 2.24) is 0 Å². The number of amides is 3. The Hall–Kier alpha value is -3.35. The van der Waals surface area contributed by atoms with Gasteiger partial charge in [-0.15, -0.1) is 0 Å². The largest absolute Gasteiger partial charge is 0.491 e.